The molecule has 15 heavy (non-hydrogen) atoms. The molecule has 1 saturated carbocycles. The zero-order valence-electron chi connectivity index (χ0n) is 9.67. The predicted octanol–water partition coefficient (Wildman–Crippen LogP) is 2.63. The number of hydrogen-bond donors (Lipinski definition) is 2. The third-order valence-electron chi connectivity index (χ3n) is 3.54. The molecule has 2 atom stereocenters. The lowest BCUT2D eigenvalue weighted by molar-refractivity contribution is -0.0286. The van der Waals surface area contributed by atoms with E-state index in [0.29, 0.717) is 0 Å². The summed E-state index contributed by atoms with van der Waals surface area (Å²) in [4.78, 5) is 0. The van der Waals surface area contributed by atoms with E-state index in [0.717, 1.165) is 18.5 Å². The number of hydrogen-bond acceptors (Lipinski definition) is 2. The number of nitrogens with one attached hydrogen (secondary N) is 1. The Morgan fingerprint density at radius 2 is 2.07 bits per heavy atom. The van der Waals surface area contributed by atoms with Crippen molar-refractivity contribution in [2.75, 3.05) is 5.32 Å². The normalized spacial score (nSPS) is 29.7. The Kier molecular flexibility index (Phi) is 2.47. The summed E-state index contributed by atoms with van der Waals surface area (Å²) >= 11 is 0. The molecule has 82 valence electrons. The van der Waals surface area contributed by atoms with Gasteiger partial charge in [0.1, 0.15) is 0 Å². The van der Waals surface area contributed by atoms with Crippen LogP contribution in [-0.2, 0) is 0 Å². The number of aliphatic hydroxyl groups is 1. The van der Waals surface area contributed by atoms with E-state index in [1.807, 2.05) is 6.92 Å². The van der Waals surface area contributed by atoms with Crippen molar-refractivity contribution < 1.29 is 5.11 Å². The first kappa shape index (κ1) is 10.5. The maximum Gasteiger partial charge on any atom is 0.0820 e. The van der Waals surface area contributed by atoms with Crippen LogP contribution in [0.3, 0.4) is 0 Å². The molecule has 0 unspecified atom stereocenters. The highest BCUT2D eigenvalue weighted by atomic mass is 16.3. The van der Waals surface area contributed by atoms with Gasteiger partial charge in [0.15, 0.2) is 0 Å². The summed E-state index contributed by atoms with van der Waals surface area (Å²) in [5.41, 5.74) is 3.18. The van der Waals surface area contributed by atoms with Gasteiger partial charge in [0.05, 0.1) is 11.6 Å². The second-order valence-electron chi connectivity index (χ2n) is 4.89. The Morgan fingerprint density at radius 3 is 2.53 bits per heavy atom. The van der Waals surface area contributed by atoms with E-state index >= 15 is 0 Å². The van der Waals surface area contributed by atoms with Gasteiger partial charge in [-0.25, -0.2) is 0 Å². The van der Waals surface area contributed by atoms with E-state index in [-0.39, 0.29) is 6.04 Å². The molecule has 1 aromatic rings. The van der Waals surface area contributed by atoms with Gasteiger partial charge in [-0.15, -0.1) is 0 Å². The van der Waals surface area contributed by atoms with Crippen molar-refractivity contribution in [3.8, 4) is 0 Å². The predicted molar refractivity (Wildman–Crippen MR) is 63.2 cm³/mol. The summed E-state index contributed by atoms with van der Waals surface area (Å²) < 4.78 is 0. The SMILES string of the molecule is Cc1ccc(N[C@H]2CC[C@]2(C)O)cc1C. The van der Waals surface area contributed by atoms with Crippen molar-refractivity contribution in [1.29, 1.82) is 0 Å². The van der Waals surface area contributed by atoms with Gasteiger partial charge in [-0.05, 0) is 56.9 Å². The Balaban J connectivity index is 2.08. The van der Waals surface area contributed by atoms with Crippen LogP contribution < -0.4 is 5.32 Å². The van der Waals surface area contributed by atoms with Crippen molar-refractivity contribution in [3.05, 3.63) is 29.3 Å². The van der Waals surface area contributed by atoms with Gasteiger partial charge in [-0.3, -0.25) is 0 Å². The van der Waals surface area contributed by atoms with Crippen molar-refractivity contribution in [1.82, 2.24) is 0 Å². The molecule has 1 aliphatic carbocycles. The van der Waals surface area contributed by atoms with Crippen LogP contribution in [-0.4, -0.2) is 16.7 Å². The van der Waals surface area contributed by atoms with E-state index in [9.17, 15) is 5.11 Å². The van der Waals surface area contributed by atoms with Crippen LogP contribution in [0.15, 0.2) is 18.2 Å². The van der Waals surface area contributed by atoms with Gasteiger partial charge >= 0.3 is 0 Å². The fourth-order valence-corrected chi connectivity index (χ4v) is 1.97. The molecular formula is C13H19NO. The molecule has 1 aromatic carbocycles. The molecule has 2 heteroatoms. The first-order valence-electron chi connectivity index (χ1n) is 5.55. The third kappa shape index (κ3) is 2.00. The van der Waals surface area contributed by atoms with Crippen LogP contribution in [0, 0.1) is 13.8 Å². The Bertz CT molecular complexity index is 371. The van der Waals surface area contributed by atoms with E-state index in [2.05, 4.69) is 37.4 Å². The van der Waals surface area contributed by atoms with E-state index in [1.54, 1.807) is 0 Å². The fraction of sp³-hybridized carbons (Fsp3) is 0.538. The van der Waals surface area contributed by atoms with Gasteiger partial charge < -0.3 is 10.4 Å². The maximum atomic E-state index is 9.90. The van der Waals surface area contributed by atoms with Crippen molar-refractivity contribution >= 4 is 5.69 Å². The molecule has 0 bridgehead atoms. The Morgan fingerprint density at radius 1 is 1.33 bits per heavy atom. The number of rotatable bonds is 2. The molecule has 1 fully saturated rings. The van der Waals surface area contributed by atoms with Gasteiger partial charge in [0, 0.05) is 5.69 Å². The average molecular weight is 205 g/mol. The van der Waals surface area contributed by atoms with Crippen molar-refractivity contribution in [2.24, 2.45) is 0 Å². The highest BCUT2D eigenvalue weighted by molar-refractivity contribution is 5.49. The molecule has 0 spiro atoms. The lowest BCUT2D eigenvalue weighted by Crippen LogP contribution is -2.53. The largest absolute Gasteiger partial charge is 0.388 e. The third-order valence-corrected chi connectivity index (χ3v) is 3.54. The highest BCUT2D eigenvalue weighted by Gasteiger charge is 2.40. The van der Waals surface area contributed by atoms with E-state index in [1.165, 1.54) is 11.1 Å². The summed E-state index contributed by atoms with van der Waals surface area (Å²) in [6, 6.07) is 6.55. The molecule has 2 nitrogen and oxygen atoms in total. The zero-order chi connectivity index (χ0) is 11.1. The fourth-order valence-electron chi connectivity index (χ4n) is 1.97. The number of aryl methyl sites for hydroxylation is 2. The molecule has 2 rings (SSSR count). The molecule has 0 aromatic heterocycles. The van der Waals surface area contributed by atoms with Crippen molar-refractivity contribution in [3.63, 3.8) is 0 Å². The molecule has 1 aliphatic rings. The minimum absolute atomic E-state index is 0.208. The standard InChI is InChI=1S/C13H19NO/c1-9-4-5-11(8-10(9)2)14-12-6-7-13(12,3)15/h4-5,8,12,14-15H,6-7H2,1-3H3/t12-,13-/m0/s1. The summed E-state index contributed by atoms with van der Waals surface area (Å²) in [7, 11) is 0. The molecular weight excluding hydrogens is 186 g/mol. The molecule has 2 N–H and O–H groups in total. The van der Waals surface area contributed by atoms with Crippen LogP contribution in [0.25, 0.3) is 0 Å². The molecule has 0 amide bonds. The molecule has 0 heterocycles. The average Bonchev–Trinajstić information content (AvgIpc) is 2.18. The van der Waals surface area contributed by atoms with Gasteiger partial charge in [0.25, 0.3) is 0 Å². The smallest absolute Gasteiger partial charge is 0.0820 e. The summed E-state index contributed by atoms with van der Waals surface area (Å²) in [6.45, 7) is 6.12. The van der Waals surface area contributed by atoms with Crippen LogP contribution in [0.4, 0.5) is 5.69 Å². The maximum absolute atomic E-state index is 9.90. The minimum Gasteiger partial charge on any atom is -0.388 e. The second kappa shape index (κ2) is 3.53. The molecule has 0 aliphatic heterocycles. The van der Waals surface area contributed by atoms with Crippen LogP contribution in [0.1, 0.15) is 30.9 Å². The van der Waals surface area contributed by atoms with Gasteiger partial charge in [-0.1, -0.05) is 6.07 Å². The van der Waals surface area contributed by atoms with Crippen LogP contribution >= 0.6 is 0 Å². The number of benzene rings is 1. The van der Waals surface area contributed by atoms with E-state index < -0.39 is 5.60 Å². The van der Waals surface area contributed by atoms with Gasteiger partial charge in [-0.2, -0.15) is 0 Å². The monoisotopic (exact) mass is 205 g/mol. The Labute approximate surface area is 91.3 Å². The van der Waals surface area contributed by atoms with Crippen LogP contribution in [0.5, 0.6) is 0 Å². The van der Waals surface area contributed by atoms with Gasteiger partial charge in [0.2, 0.25) is 0 Å². The summed E-state index contributed by atoms with van der Waals surface area (Å²) in [5.74, 6) is 0. The summed E-state index contributed by atoms with van der Waals surface area (Å²) in [6.07, 6.45) is 1.95. The highest BCUT2D eigenvalue weighted by Crippen LogP contribution is 2.34. The molecule has 0 radical (unpaired) electrons. The Hall–Kier alpha value is -1.02. The summed E-state index contributed by atoms with van der Waals surface area (Å²) in [5, 5.41) is 13.3. The lowest BCUT2D eigenvalue weighted by Gasteiger charge is -2.43. The second-order valence-corrected chi connectivity index (χ2v) is 4.89. The molecule has 0 saturated heterocycles. The van der Waals surface area contributed by atoms with Crippen LogP contribution in [0.2, 0.25) is 0 Å². The van der Waals surface area contributed by atoms with E-state index in [4.69, 9.17) is 0 Å². The van der Waals surface area contributed by atoms with Crippen molar-refractivity contribution in [2.45, 2.75) is 45.3 Å². The number of anilines is 1. The lowest BCUT2D eigenvalue weighted by atomic mass is 9.76. The minimum atomic E-state index is -0.529. The topological polar surface area (TPSA) is 32.3 Å². The quantitative estimate of drug-likeness (QED) is 0.778. The first-order chi connectivity index (χ1) is 6.99. The first-order valence-corrected chi connectivity index (χ1v) is 5.55. The zero-order valence-corrected chi connectivity index (χ0v) is 9.67.